The van der Waals surface area contributed by atoms with Crippen molar-refractivity contribution in [2.45, 2.75) is 26.2 Å². The smallest absolute Gasteiger partial charge is 0.246 e. The highest BCUT2D eigenvalue weighted by atomic mass is 16.2. The zero-order valence-electron chi connectivity index (χ0n) is 25.9. The van der Waals surface area contributed by atoms with Gasteiger partial charge in [-0.3, -0.25) is 9.59 Å². The average Bonchev–Trinajstić information content (AvgIpc) is 3.02. The summed E-state index contributed by atoms with van der Waals surface area (Å²) in [5.41, 5.74) is 3.64. The molecule has 44 heavy (non-hydrogen) atoms. The van der Waals surface area contributed by atoms with Crippen molar-refractivity contribution >= 4 is 29.3 Å². The van der Waals surface area contributed by atoms with Gasteiger partial charge in [-0.2, -0.15) is 10.2 Å². The first-order valence-electron chi connectivity index (χ1n) is 14.6. The molecule has 10 heteroatoms. The van der Waals surface area contributed by atoms with Crippen LogP contribution in [0.1, 0.15) is 37.3 Å². The van der Waals surface area contributed by atoms with Gasteiger partial charge >= 0.3 is 0 Å². The minimum Gasteiger partial charge on any atom is -0.369 e. The van der Waals surface area contributed by atoms with E-state index in [-0.39, 0.29) is 18.4 Å². The van der Waals surface area contributed by atoms with Crippen LogP contribution in [0.5, 0.6) is 0 Å². The molecular weight excluding hydrogens is 552 g/mol. The van der Waals surface area contributed by atoms with Crippen LogP contribution >= 0.6 is 0 Å². The summed E-state index contributed by atoms with van der Waals surface area (Å²) in [6.45, 7) is 3.88. The molecule has 2 aromatic carbocycles. The lowest BCUT2D eigenvalue weighted by atomic mass is 10.1. The van der Waals surface area contributed by atoms with Crippen LogP contribution in [0.25, 0.3) is 11.3 Å². The molecule has 0 bridgehead atoms. The topological polar surface area (TPSA) is 126 Å². The van der Waals surface area contributed by atoms with Gasteiger partial charge in [0.15, 0.2) is 0 Å². The van der Waals surface area contributed by atoms with Crippen LogP contribution < -0.4 is 16.0 Å². The molecule has 1 aromatic heterocycles. The fraction of sp³-hybridized carbons (Fsp3) is 0.324. The van der Waals surface area contributed by atoms with Gasteiger partial charge in [0, 0.05) is 50.4 Å². The summed E-state index contributed by atoms with van der Waals surface area (Å²) >= 11 is 0. The van der Waals surface area contributed by atoms with Crippen molar-refractivity contribution < 1.29 is 9.59 Å². The van der Waals surface area contributed by atoms with E-state index in [0.29, 0.717) is 61.1 Å². The maximum atomic E-state index is 12.3. The molecule has 0 unspecified atom stereocenters. The minimum atomic E-state index is -0.217. The van der Waals surface area contributed by atoms with E-state index in [0.717, 1.165) is 17.7 Å². The summed E-state index contributed by atoms with van der Waals surface area (Å²) in [5.74, 6) is 7.12. The van der Waals surface area contributed by atoms with E-state index in [9.17, 15) is 9.59 Å². The molecule has 0 spiro atoms. The van der Waals surface area contributed by atoms with Crippen LogP contribution in [0, 0.1) is 23.2 Å². The van der Waals surface area contributed by atoms with E-state index >= 15 is 0 Å². The van der Waals surface area contributed by atoms with Crippen molar-refractivity contribution in [2.24, 2.45) is 0 Å². The van der Waals surface area contributed by atoms with Crippen molar-refractivity contribution in [1.82, 2.24) is 25.1 Å². The number of nitrogens with one attached hydrogen (secondary N) is 3. The second-order valence-corrected chi connectivity index (χ2v) is 10.3. The van der Waals surface area contributed by atoms with E-state index in [1.807, 2.05) is 61.5 Å². The van der Waals surface area contributed by atoms with E-state index in [1.54, 1.807) is 25.3 Å². The van der Waals surface area contributed by atoms with Crippen LogP contribution in [0.4, 0.5) is 17.5 Å². The van der Waals surface area contributed by atoms with Gasteiger partial charge < -0.3 is 25.8 Å². The van der Waals surface area contributed by atoms with E-state index in [4.69, 9.17) is 15.2 Å². The number of nitrogens with zero attached hydrogens (tertiary/aromatic N) is 5. The SMILES string of the molecule is CCCNc1nc(Nc2ccc(C#N)cc2)nc(-c2ccccc2)c1C#CCCCNC(=O)CN(C)C(=O)/C=C/CN(C)C. The molecule has 228 valence electrons. The molecule has 3 aromatic rings. The molecule has 0 aliphatic rings. The van der Waals surface area contributed by atoms with Gasteiger partial charge in [-0.15, -0.1) is 0 Å². The van der Waals surface area contributed by atoms with Gasteiger partial charge in [-0.05, 0) is 51.2 Å². The van der Waals surface area contributed by atoms with Crippen LogP contribution in [0.2, 0.25) is 0 Å². The Morgan fingerprint density at radius 2 is 1.75 bits per heavy atom. The Morgan fingerprint density at radius 3 is 2.43 bits per heavy atom. The van der Waals surface area contributed by atoms with E-state index < -0.39 is 0 Å². The second-order valence-electron chi connectivity index (χ2n) is 10.3. The lowest BCUT2D eigenvalue weighted by Gasteiger charge is -2.15. The van der Waals surface area contributed by atoms with E-state index in [1.165, 1.54) is 11.0 Å². The molecule has 3 N–H and O–H groups in total. The normalized spacial score (nSPS) is 10.5. The second kappa shape index (κ2) is 17.7. The predicted octanol–water partition coefficient (Wildman–Crippen LogP) is 4.40. The number of amides is 2. The summed E-state index contributed by atoms with van der Waals surface area (Å²) in [6, 6.07) is 19.1. The van der Waals surface area contributed by atoms with Crippen LogP contribution in [0.15, 0.2) is 66.7 Å². The summed E-state index contributed by atoms with van der Waals surface area (Å²) in [6.07, 6.45) is 5.36. The highest BCUT2D eigenvalue weighted by Gasteiger charge is 2.15. The van der Waals surface area contributed by atoms with Gasteiger partial charge in [-0.1, -0.05) is 55.2 Å². The first-order chi connectivity index (χ1) is 21.3. The highest BCUT2D eigenvalue weighted by Crippen LogP contribution is 2.28. The monoisotopic (exact) mass is 592 g/mol. The molecule has 2 amide bonds. The zero-order chi connectivity index (χ0) is 31.7. The standard InChI is InChI=1S/C34H40N8O2/c1-5-21-37-33-29(15-10-7-11-22-36-30(43)25-42(4)31(44)16-12-23-41(2)3)32(27-13-8-6-9-14-27)39-34(40-33)38-28-19-17-26(24-35)18-20-28/h6,8-9,12-14,16-20H,5,7,11,21-23,25H2,1-4H3,(H,36,43)(H2,37,38,39,40)/b16-12+. The number of likely N-dealkylation sites (N-methyl/N-ethyl adjacent to an activating group) is 2. The van der Waals surface area contributed by atoms with Crippen molar-refractivity contribution in [3.8, 4) is 29.2 Å². The van der Waals surface area contributed by atoms with Crippen molar-refractivity contribution in [3.05, 3.63) is 77.9 Å². The number of anilines is 3. The summed E-state index contributed by atoms with van der Waals surface area (Å²) < 4.78 is 0. The van der Waals surface area contributed by atoms with Crippen LogP contribution in [-0.2, 0) is 9.59 Å². The van der Waals surface area contributed by atoms with Crippen LogP contribution in [-0.4, -0.2) is 78.9 Å². The fourth-order valence-electron chi connectivity index (χ4n) is 3.96. The van der Waals surface area contributed by atoms with Crippen molar-refractivity contribution in [2.75, 3.05) is 58.0 Å². The number of hydrogen-bond donors (Lipinski definition) is 3. The quantitative estimate of drug-likeness (QED) is 0.143. The number of aromatic nitrogens is 2. The number of nitriles is 1. The number of carbonyl (C=O) groups is 2. The number of benzene rings is 2. The Hall–Kier alpha value is -5.19. The van der Waals surface area contributed by atoms with Crippen molar-refractivity contribution in [1.29, 1.82) is 5.26 Å². The summed E-state index contributed by atoms with van der Waals surface area (Å²) in [7, 11) is 5.44. The molecule has 0 atom stereocenters. The van der Waals surface area contributed by atoms with Gasteiger partial charge in [0.1, 0.15) is 5.82 Å². The van der Waals surface area contributed by atoms with Crippen molar-refractivity contribution in [3.63, 3.8) is 0 Å². The summed E-state index contributed by atoms with van der Waals surface area (Å²) in [4.78, 5) is 37.4. The third-order valence-corrected chi connectivity index (χ3v) is 6.27. The Kier molecular flexibility index (Phi) is 13.4. The lowest BCUT2D eigenvalue weighted by Crippen LogP contribution is -2.38. The van der Waals surface area contributed by atoms with Crippen LogP contribution in [0.3, 0.4) is 0 Å². The third kappa shape index (κ3) is 10.9. The summed E-state index contributed by atoms with van der Waals surface area (Å²) in [5, 5.41) is 18.6. The molecule has 0 aliphatic carbocycles. The first-order valence-corrected chi connectivity index (χ1v) is 14.6. The third-order valence-electron chi connectivity index (χ3n) is 6.27. The molecule has 1 heterocycles. The highest BCUT2D eigenvalue weighted by molar-refractivity contribution is 5.91. The molecular formula is C34H40N8O2. The molecule has 0 saturated heterocycles. The maximum Gasteiger partial charge on any atom is 0.246 e. The number of rotatable bonds is 14. The number of carbonyl (C=O) groups excluding carboxylic acids is 2. The average molecular weight is 593 g/mol. The Bertz CT molecular complexity index is 1520. The van der Waals surface area contributed by atoms with Gasteiger partial charge in [0.2, 0.25) is 17.8 Å². The van der Waals surface area contributed by atoms with Gasteiger partial charge in [0.25, 0.3) is 0 Å². The van der Waals surface area contributed by atoms with Gasteiger partial charge in [-0.25, -0.2) is 4.98 Å². The fourth-order valence-corrected chi connectivity index (χ4v) is 3.96. The first kappa shape index (κ1) is 33.3. The largest absolute Gasteiger partial charge is 0.369 e. The molecule has 10 nitrogen and oxygen atoms in total. The molecule has 0 fully saturated rings. The Labute approximate surface area is 260 Å². The number of hydrogen-bond acceptors (Lipinski definition) is 8. The van der Waals surface area contributed by atoms with Gasteiger partial charge in [0.05, 0.1) is 29.4 Å². The Balaban J connectivity index is 1.70. The number of unbranched alkanes of at least 4 members (excludes halogenated alkanes) is 1. The zero-order valence-corrected chi connectivity index (χ0v) is 25.9. The maximum absolute atomic E-state index is 12.3. The minimum absolute atomic E-state index is 0.0100. The molecule has 0 aliphatic heterocycles. The predicted molar refractivity (Wildman–Crippen MR) is 175 cm³/mol. The van der Waals surface area contributed by atoms with E-state index in [2.05, 4.69) is 40.8 Å². The molecule has 3 rings (SSSR count). The molecule has 0 radical (unpaired) electrons. The molecule has 0 saturated carbocycles. The lowest BCUT2D eigenvalue weighted by molar-refractivity contribution is -0.131. The Morgan fingerprint density at radius 1 is 1.00 bits per heavy atom.